The molecule has 4 aromatic carbocycles. The van der Waals surface area contributed by atoms with Gasteiger partial charge in [0.25, 0.3) is 0 Å². The number of aromatic hydroxyl groups is 1. The minimum atomic E-state index is -0.613. The molecule has 0 bridgehead atoms. The molecule has 46 heavy (non-hydrogen) atoms. The summed E-state index contributed by atoms with van der Waals surface area (Å²) in [5.74, 6) is 0.673. The largest absolute Gasteiger partial charge is 0.508 e. The fourth-order valence-electron chi connectivity index (χ4n) is 5.41. The van der Waals surface area contributed by atoms with Crippen molar-refractivity contribution in [1.29, 1.82) is 0 Å². The van der Waals surface area contributed by atoms with Gasteiger partial charge in [-0.2, -0.15) is 4.68 Å². The Bertz CT molecular complexity index is 1760. The molecule has 0 unspecified atom stereocenters. The topological polar surface area (TPSA) is 132 Å². The zero-order chi connectivity index (χ0) is 32.0. The molecule has 5 aromatic rings. The maximum Gasteiger partial charge on any atom is 0.217 e. The zero-order valence-electron chi connectivity index (χ0n) is 25.5. The molecule has 0 aliphatic carbocycles. The Labute approximate surface area is 271 Å². The Morgan fingerprint density at radius 1 is 0.913 bits per heavy atom. The Kier molecular flexibility index (Phi) is 9.74. The van der Waals surface area contributed by atoms with Crippen LogP contribution >= 0.6 is 11.8 Å². The smallest absolute Gasteiger partial charge is 0.217 e. The Morgan fingerprint density at radius 2 is 1.65 bits per heavy atom. The molecule has 10 nitrogen and oxygen atoms in total. The fraction of sp³-hybridized carbons (Fsp3) is 0.257. The number of nitrogens with one attached hydrogen (secondary N) is 1. The number of hydrogen-bond acceptors (Lipinski definition) is 9. The molecule has 0 saturated carbocycles. The van der Waals surface area contributed by atoms with Crippen molar-refractivity contribution in [3.8, 4) is 22.6 Å². The lowest BCUT2D eigenvalue weighted by atomic mass is 9.91. The van der Waals surface area contributed by atoms with Crippen LogP contribution in [0.4, 0.5) is 0 Å². The highest BCUT2D eigenvalue weighted by Crippen LogP contribution is 2.43. The first-order chi connectivity index (χ1) is 22.4. The van der Waals surface area contributed by atoms with Gasteiger partial charge in [0.1, 0.15) is 5.75 Å². The molecule has 6 rings (SSSR count). The number of phenols is 1. The van der Waals surface area contributed by atoms with Gasteiger partial charge >= 0.3 is 0 Å². The fourth-order valence-corrected chi connectivity index (χ4v) is 6.47. The molecular weight excluding hydrogens is 602 g/mol. The summed E-state index contributed by atoms with van der Waals surface area (Å²) < 4.78 is 14.9. The van der Waals surface area contributed by atoms with Crippen LogP contribution in [0.5, 0.6) is 5.75 Å². The van der Waals surface area contributed by atoms with E-state index in [1.165, 1.54) is 18.7 Å². The van der Waals surface area contributed by atoms with Crippen LogP contribution in [0.1, 0.15) is 48.5 Å². The van der Waals surface area contributed by atoms with Crippen LogP contribution in [-0.4, -0.2) is 48.2 Å². The lowest BCUT2D eigenvalue weighted by molar-refractivity contribution is -0.268. The molecule has 1 aromatic heterocycles. The summed E-state index contributed by atoms with van der Waals surface area (Å²) in [5, 5.41) is 35.0. The molecule has 1 fully saturated rings. The van der Waals surface area contributed by atoms with E-state index in [9.17, 15) is 15.0 Å². The van der Waals surface area contributed by atoms with Crippen LogP contribution in [0, 0.1) is 5.92 Å². The predicted octanol–water partition coefficient (Wildman–Crippen LogP) is 5.75. The van der Waals surface area contributed by atoms with Crippen LogP contribution in [0.3, 0.4) is 0 Å². The average Bonchev–Trinajstić information content (AvgIpc) is 3.56. The number of carbonyl (C=O) groups excluding carboxylic acids is 1. The first-order valence-electron chi connectivity index (χ1n) is 15.0. The average molecular weight is 638 g/mol. The second kappa shape index (κ2) is 14.3. The van der Waals surface area contributed by atoms with E-state index in [1.54, 1.807) is 28.9 Å². The van der Waals surface area contributed by atoms with Gasteiger partial charge in [0.05, 0.1) is 24.5 Å². The number of benzene rings is 4. The molecule has 2 heterocycles. The van der Waals surface area contributed by atoms with E-state index >= 15 is 0 Å². The van der Waals surface area contributed by atoms with E-state index in [0.717, 1.165) is 39.1 Å². The third kappa shape index (κ3) is 7.29. The van der Waals surface area contributed by atoms with E-state index in [4.69, 9.17) is 9.47 Å². The van der Waals surface area contributed by atoms with Crippen LogP contribution < -0.4 is 5.32 Å². The molecule has 1 aliphatic rings. The summed E-state index contributed by atoms with van der Waals surface area (Å²) >= 11 is 1.49. The number of aliphatic hydroxyl groups excluding tert-OH is 1. The highest BCUT2D eigenvalue weighted by Gasteiger charge is 2.38. The second-order valence-corrected chi connectivity index (χ2v) is 12.2. The molecule has 236 valence electrons. The molecule has 1 saturated heterocycles. The van der Waals surface area contributed by atoms with Gasteiger partial charge < -0.3 is 25.0 Å². The quantitative estimate of drug-likeness (QED) is 0.164. The minimum Gasteiger partial charge on any atom is -0.508 e. The number of nitrogens with zero attached hydrogens (tertiary/aromatic N) is 4. The number of ether oxygens (including phenoxy) is 2. The predicted molar refractivity (Wildman–Crippen MR) is 174 cm³/mol. The lowest BCUT2D eigenvalue weighted by Gasteiger charge is -2.41. The van der Waals surface area contributed by atoms with Gasteiger partial charge in [0.2, 0.25) is 11.1 Å². The van der Waals surface area contributed by atoms with Crippen molar-refractivity contribution in [1.82, 2.24) is 25.5 Å². The van der Waals surface area contributed by atoms with Crippen LogP contribution in [0.2, 0.25) is 0 Å². The first kappa shape index (κ1) is 31.4. The van der Waals surface area contributed by atoms with Gasteiger partial charge in [-0.1, -0.05) is 85.4 Å². The Balaban J connectivity index is 1.23. The van der Waals surface area contributed by atoms with Crippen LogP contribution in [0.15, 0.2) is 102 Å². The summed E-state index contributed by atoms with van der Waals surface area (Å²) in [7, 11) is 0. The molecule has 11 heteroatoms. The van der Waals surface area contributed by atoms with E-state index in [0.29, 0.717) is 17.5 Å². The third-order valence-corrected chi connectivity index (χ3v) is 9.03. The highest BCUT2D eigenvalue weighted by molar-refractivity contribution is 7.99. The first-order valence-corrected chi connectivity index (χ1v) is 16.0. The zero-order valence-corrected chi connectivity index (χ0v) is 26.3. The van der Waals surface area contributed by atoms with E-state index in [2.05, 4.69) is 46.0 Å². The summed E-state index contributed by atoms with van der Waals surface area (Å²) in [6, 6.07) is 30.8. The van der Waals surface area contributed by atoms with Crippen LogP contribution in [-0.2, 0) is 27.4 Å². The van der Waals surface area contributed by atoms with Crippen molar-refractivity contribution >= 4 is 17.7 Å². The van der Waals surface area contributed by atoms with Crippen molar-refractivity contribution in [2.45, 2.75) is 50.7 Å². The molecule has 0 spiro atoms. The number of aliphatic hydroxyl groups is 1. The maximum absolute atomic E-state index is 11.4. The molecule has 1 amide bonds. The summed E-state index contributed by atoms with van der Waals surface area (Å²) in [5.41, 5.74) is 6.60. The molecule has 0 radical (unpaired) electrons. The van der Waals surface area contributed by atoms with Crippen molar-refractivity contribution < 1.29 is 24.5 Å². The third-order valence-electron chi connectivity index (χ3n) is 8.02. The Hall–Kier alpha value is -4.55. The van der Waals surface area contributed by atoms with Gasteiger partial charge in [-0.05, 0) is 68.6 Å². The van der Waals surface area contributed by atoms with Crippen molar-refractivity contribution in [2.75, 3.05) is 5.75 Å². The van der Waals surface area contributed by atoms with Crippen LogP contribution in [0.25, 0.3) is 16.8 Å². The standard InChI is InChI=1S/C35H35N5O5S/c1-22-32(21-46-35-37-38-39-40(35)30-14-16-31(43)17-15-30)44-34(45-33(22)27-8-6-24(20-41)7-9-27)28-12-10-26(11-13-28)29-5-3-4-25(18-29)19-36-23(2)42/h3-18,22,32-34,41,43H,19-21H2,1-2H3,(H,36,42)/t22-,32+,33+,34+/m0/s1. The minimum absolute atomic E-state index is 0.00708. The van der Waals surface area contributed by atoms with Gasteiger partial charge in [0, 0.05) is 30.7 Å². The Morgan fingerprint density at radius 3 is 2.37 bits per heavy atom. The second-order valence-electron chi connectivity index (χ2n) is 11.3. The van der Waals surface area contributed by atoms with Crippen molar-refractivity contribution in [2.24, 2.45) is 5.92 Å². The van der Waals surface area contributed by atoms with E-state index in [-0.39, 0.29) is 36.4 Å². The number of carbonyl (C=O) groups is 1. The summed E-state index contributed by atoms with van der Waals surface area (Å²) in [6.45, 7) is 4.08. The van der Waals surface area contributed by atoms with Gasteiger partial charge in [-0.15, -0.1) is 5.10 Å². The van der Waals surface area contributed by atoms with Crippen molar-refractivity contribution in [3.05, 3.63) is 119 Å². The summed E-state index contributed by atoms with van der Waals surface area (Å²) in [4.78, 5) is 11.4. The number of aromatic nitrogens is 4. The lowest BCUT2D eigenvalue weighted by Crippen LogP contribution is -2.38. The summed E-state index contributed by atoms with van der Waals surface area (Å²) in [6.07, 6.45) is -1.07. The molecular formula is C35H35N5O5S. The van der Waals surface area contributed by atoms with Gasteiger partial charge in [-0.25, -0.2) is 0 Å². The number of thioether (sulfide) groups is 1. The normalized spacial score (nSPS) is 19.5. The molecule has 3 N–H and O–H groups in total. The number of amides is 1. The number of phenolic OH excluding ortho intramolecular Hbond substituents is 1. The van der Waals surface area contributed by atoms with Crippen molar-refractivity contribution in [3.63, 3.8) is 0 Å². The molecule has 4 atom stereocenters. The maximum atomic E-state index is 11.4. The number of rotatable bonds is 10. The SMILES string of the molecule is CC(=O)NCc1cccc(-c2ccc([C@@H]3O[C@H](CSc4nnnn4-c4ccc(O)cc4)[C@H](C)[C@H](c4ccc(CO)cc4)O3)cc2)c1. The van der Waals surface area contributed by atoms with E-state index < -0.39 is 6.29 Å². The number of hydrogen-bond donors (Lipinski definition) is 3. The van der Waals surface area contributed by atoms with E-state index in [1.807, 2.05) is 54.6 Å². The molecule has 1 aliphatic heterocycles. The monoisotopic (exact) mass is 637 g/mol. The van der Waals surface area contributed by atoms with Gasteiger partial charge in [0.15, 0.2) is 6.29 Å². The van der Waals surface area contributed by atoms with Gasteiger partial charge in [-0.3, -0.25) is 4.79 Å². The highest BCUT2D eigenvalue weighted by atomic mass is 32.2. The number of tetrazole rings is 1.